The zero-order valence-electron chi connectivity index (χ0n) is 55.9. The fourth-order valence-electron chi connectivity index (χ4n) is 13.3. The Hall–Kier alpha value is -0.0400. The molecule has 0 atom stereocenters. The van der Waals surface area contributed by atoms with E-state index in [4.69, 9.17) is 5.11 Å². The molecule has 0 aliphatic heterocycles. The highest BCUT2D eigenvalue weighted by molar-refractivity contribution is 4.57. The van der Waals surface area contributed by atoms with Crippen molar-refractivity contribution in [1.29, 1.82) is 0 Å². The summed E-state index contributed by atoms with van der Waals surface area (Å²) in [4.78, 5) is 0. The molecular formula is C78H158O. The van der Waals surface area contributed by atoms with Gasteiger partial charge in [-0.05, 0) is 6.42 Å². The molecule has 476 valence electrons. The number of aliphatic hydroxyl groups excluding tert-OH is 1. The van der Waals surface area contributed by atoms with Gasteiger partial charge in [0.1, 0.15) is 0 Å². The smallest absolute Gasteiger partial charge is 0.0431 e. The van der Waals surface area contributed by atoms with Crippen molar-refractivity contribution in [2.75, 3.05) is 6.61 Å². The zero-order chi connectivity index (χ0) is 56.4. The molecule has 0 heterocycles. The second-order valence-corrected chi connectivity index (χ2v) is 27.2. The lowest BCUT2D eigenvalue weighted by molar-refractivity contribution is 0.282. The van der Waals surface area contributed by atoms with Crippen molar-refractivity contribution < 1.29 is 5.11 Å². The standard InChI is InChI=1S/C78H158O/c1-2-3-4-5-6-7-8-9-10-11-12-13-14-15-16-17-18-19-20-21-22-23-24-25-26-27-28-29-30-31-32-33-34-35-36-37-38-39-40-41-42-43-44-45-46-47-48-49-50-51-52-53-54-55-56-57-58-59-60-61-62-63-64-65-66-67-68-69-70-71-72-73-74-75-76-77-78-79/h79H,2-78H2,1H3. The molecule has 0 saturated carbocycles. The number of hydrogen-bond donors (Lipinski definition) is 1. The van der Waals surface area contributed by atoms with Crippen LogP contribution in [-0.2, 0) is 0 Å². The average Bonchev–Trinajstić information content (AvgIpc) is 3.46. The summed E-state index contributed by atoms with van der Waals surface area (Å²) in [6.07, 6.45) is 112. The molecule has 0 radical (unpaired) electrons. The van der Waals surface area contributed by atoms with E-state index in [1.54, 1.807) is 0 Å². The van der Waals surface area contributed by atoms with Gasteiger partial charge in [0.25, 0.3) is 0 Å². The van der Waals surface area contributed by atoms with Crippen molar-refractivity contribution in [3.63, 3.8) is 0 Å². The largest absolute Gasteiger partial charge is 0.396 e. The molecule has 0 aliphatic carbocycles. The van der Waals surface area contributed by atoms with Crippen LogP contribution in [0.2, 0.25) is 0 Å². The molecule has 0 amide bonds. The summed E-state index contributed by atoms with van der Waals surface area (Å²) < 4.78 is 0. The first-order chi connectivity index (χ1) is 39.4. The zero-order valence-corrected chi connectivity index (χ0v) is 55.9. The van der Waals surface area contributed by atoms with Crippen LogP contribution in [-0.4, -0.2) is 11.7 Å². The predicted molar refractivity (Wildman–Crippen MR) is 364 cm³/mol. The minimum absolute atomic E-state index is 0.375. The van der Waals surface area contributed by atoms with E-state index in [0.29, 0.717) is 6.61 Å². The highest BCUT2D eigenvalue weighted by Crippen LogP contribution is 2.21. The molecule has 0 saturated heterocycles. The van der Waals surface area contributed by atoms with Gasteiger partial charge in [-0.1, -0.05) is 488 Å². The van der Waals surface area contributed by atoms with E-state index in [2.05, 4.69) is 6.92 Å². The fraction of sp³-hybridized carbons (Fsp3) is 1.00. The maximum Gasteiger partial charge on any atom is 0.0431 e. The second kappa shape index (κ2) is 78.0. The van der Waals surface area contributed by atoms with Gasteiger partial charge in [-0.15, -0.1) is 0 Å². The van der Waals surface area contributed by atoms with Crippen LogP contribution in [0, 0.1) is 0 Å². The number of aliphatic hydroxyl groups is 1. The van der Waals surface area contributed by atoms with E-state index < -0.39 is 0 Å². The van der Waals surface area contributed by atoms with Gasteiger partial charge in [0, 0.05) is 6.61 Å². The summed E-state index contributed by atoms with van der Waals surface area (Å²) in [6, 6.07) is 0. The summed E-state index contributed by atoms with van der Waals surface area (Å²) in [7, 11) is 0. The third kappa shape index (κ3) is 78.0. The molecule has 0 fully saturated rings. The Labute approximate surface area is 504 Å². The van der Waals surface area contributed by atoms with E-state index in [9.17, 15) is 0 Å². The van der Waals surface area contributed by atoms with Crippen LogP contribution in [0.1, 0.15) is 495 Å². The summed E-state index contributed by atoms with van der Waals surface area (Å²) in [5.41, 5.74) is 0. The van der Waals surface area contributed by atoms with Crippen LogP contribution in [0.3, 0.4) is 0 Å². The molecule has 0 bridgehead atoms. The van der Waals surface area contributed by atoms with Crippen molar-refractivity contribution in [3.8, 4) is 0 Å². The Morgan fingerprint density at radius 2 is 0.165 bits per heavy atom. The van der Waals surface area contributed by atoms with Crippen molar-refractivity contribution in [3.05, 3.63) is 0 Å². The van der Waals surface area contributed by atoms with Gasteiger partial charge < -0.3 is 5.11 Å². The molecule has 1 heteroatoms. The quantitative estimate of drug-likeness (QED) is 0.0602. The molecular weight excluding hydrogens is 953 g/mol. The molecule has 0 aromatic heterocycles. The van der Waals surface area contributed by atoms with Crippen LogP contribution in [0.15, 0.2) is 0 Å². The first-order valence-corrected chi connectivity index (χ1v) is 39.0. The molecule has 0 aromatic rings. The number of hydrogen-bond acceptors (Lipinski definition) is 1. The predicted octanol–water partition coefficient (Wildman–Crippen LogP) is 29.6. The van der Waals surface area contributed by atoms with Crippen LogP contribution < -0.4 is 0 Å². The minimum atomic E-state index is 0.375. The number of rotatable bonds is 76. The lowest BCUT2D eigenvalue weighted by atomic mass is 10.0. The average molecular weight is 1110 g/mol. The SMILES string of the molecule is CCCCCCCCCCCCCCCCCCCCCCCCCCCCCCCCCCCCCCCCCCCCCCCCCCCCCCCCCCCCCCCCCCCCCCCCCCCCCCO. The van der Waals surface area contributed by atoms with Gasteiger partial charge in [0.15, 0.2) is 0 Å². The molecule has 0 aliphatic rings. The van der Waals surface area contributed by atoms with E-state index >= 15 is 0 Å². The van der Waals surface area contributed by atoms with Crippen molar-refractivity contribution in [2.45, 2.75) is 495 Å². The van der Waals surface area contributed by atoms with Crippen LogP contribution in [0.4, 0.5) is 0 Å². The van der Waals surface area contributed by atoms with Gasteiger partial charge >= 0.3 is 0 Å². The molecule has 1 nitrogen and oxygen atoms in total. The summed E-state index contributed by atoms with van der Waals surface area (Å²) in [5.74, 6) is 0. The van der Waals surface area contributed by atoms with Gasteiger partial charge in [-0.3, -0.25) is 0 Å². The Kier molecular flexibility index (Phi) is 77.9. The third-order valence-electron chi connectivity index (χ3n) is 19.0. The van der Waals surface area contributed by atoms with Crippen LogP contribution in [0.25, 0.3) is 0 Å². The Morgan fingerprint density at radius 3 is 0.228 bits per heavy atom. The van der Waals surface area contributed by atoms with E-state index in [-0.39, 0.29) is 0 Å². The van der Waals surface area contributed by atoms with E-state index in [1.165, 1.54) is 482 Å². The highest BCUT2D eigenvalue weighted by atomic mass is 16.2. The molecule has 1 N–H and O–H groups in total. The third-order valence-corrected chi connectivity index (χ3v) is 19.0. The number of unbranched alkanes of at least 4 members (excludes halogenated alkanes) is 75. The summed E-state index contributed by atoms with van der Waals surface area (Å²) in [5, 5.41) is 8.85. The summed E-state index contributed by atoms with van der Waals surface area (Å²) in [6.45, 7) is 2.69. The highest BCUT2D eigenvalue weighted by Gasteiger charge is 2.02. The fourth-order valence-corrected chi connectivity index (χ4v) is 13.3. The molecule has 0 rings (SSSR count). The van der Waals surface area contributed by atoms with Crippen molar-refractivity contribution in [1.82, 2.24) is 0 Å². The van der Waals surface area contributed by atoms with Crippen molar-refractivity contribution >= 4 is 0 Å². The van der Waals surface area contributed by atoms with Crippen LogP contribution >= 0.6 is 0 Å². The monoisotopic (exact) mass is 1110 g/mol. The Morgan fingerprint density at radius 1 is 0.101 bits per heavy atom. The second-order valence-electron chi connectivity index (χ2n) is 27.2. The normalized spacial score (nSPS) is 11.8. The first kappa shape index (κ1) is 79.0. The molecule has 79 heavy (non-hydrogen) atoms. The van der Waals surface area contributed by atoms with Gasteiger partial charge in [-0.2, -0.15) is 0 Å². The van der Waals surface area contributed by atoms with E-state index in [1.807, 2.05) is 0 Å². The van der Waals surface area contributed by atoms with Gasteiger partial charge in [-0.25, -0.2) is 0 Å². The maximum absolute atomic E-state index is 8.85. The van der Waals surface area contributed by atoms with E-state index in [0.717, 1.165) is 6.42 Å². The lowest BCUT2D eigenvalue weighted by Crippen LogP contribution is -1.85. The van der Waals surface area contributed by atoms with Crippen LogP contribution in [0.5, 0.6) is 0 Å². The Balaban J connectivity index is 3.08. The van der Waals surface area contributed by atoms with Gasteiger partial charge in [0.2, 0.25) is 0 Å². The molecule has 0 spiro atoms. The molecule has 0 aromatic carbocycles. The lowest BCUT2D eigenvalue weighted by Gasteiger charge is -2.05. The Bertz CT molecular complexity index is 897. The topological polar surface area (TPSA) is 20.2 Å². The van der Waals surface area contributed by atoms with Crippen molar-refractivity contribution in [2.24, 2.45) is 0 Å². The van der Waals surface area contributed by atoms with Gasteiger partial charge in [0.05, 0.1) is 0 Å². The minimum Gasteiger partial charge on any atom is -0.396 e. The summed E-state index contributed by atoms with van der Waals surface area (Å²) >= 11 is 0. The first-order valence-electron chi connectivity index (χ1n) is 39.0. The molecule has 0 unspecified atom stereocenters. The maximum atomic E-state index is 8.85.